The Labute approximate surface area is 301 Å². The fourth-order valence-electron chi connectivity index (χ4n) is 5.36. The molecule has 6 nitrogen and oxygen atoms in total. The molecular formula is C46H30N2O4. The molecule has 0 aliphatic rings. The number of anilines is 2. The van der Waals surface area contributed by atoms with Crippen LogP contribution < -0.4 is 20.9 Å². The van der Waals surface area contributed by atoms with E-state index in [-0.39, 0.29) is 22.9 Å². The van der Waals surface area contributed by atoms with Gasteiger partial charge in [0.05, 0.1) is 22.5 Å². The van der Waals surface area contributed by atoms with Gasteiger partial charge < -0.3 is 31.2 Å². The van der Waals surface area contributed by atoms with Crippen molar-refractivity contribution in [3.05, 3.63) is 179 Å². The van der Waals surface area contributed by atoms with Crippen LogP contribution in [0.25, 0.3) is 10.8 Å². The molecule has 0 aliphatic heterocycles. The van der Waals surface area contributed by atoms with Crippen LogP contribution in [0.4, 0.5) is 11.4 Å². The molecule has 0 saturated heterocycles. The third kappa shape index (κ3) is 7.61. The van der Waals surface area contributed by atoms with E-state index in [1.165, 1.54) is 12.1 Å². The summed E-state index contributed by atoms with van der Waals surface area (Å²) in [6.45, 7) is 0. The number of phenols is 2. The zero-order valence-corrected chi connectivity index (χ0v) is 27.7. The Hall–Kier alpha value is -7.72. The van der Waals surface area contributed by atoms with Crippen LogP contribution in [-0.4, -0.2) is 10.2 Å². The second-order valence-electron chi connectivity index (χ2n) is 11.7. The number of ether oxygens (including phenoxy) is 2. The lowest BCUT2D eigenvalue weighted by atomic mass is 9.94. The Kier molecular flexibility index (Phi) is 9.34. The van der Waals surface area contributed by atoms with Crippen molar-refractivity contribution < 1.29 is 19.7 Å². The Bertz CT molecular complexity index is 2620. The molecule has 0 spiro atoms. The summed E-state index contributed by atoms with van der Waals surface area (Å²) in [7, 11) is 0. The van der Waals surface area contributed by atoms with Crippen LogP contribution >= 0.6 is 0 Å². The van der Waals surface area contributed by atoms with Crippen molar-refractivity contribution >= 4 is 22.1 Å². The molecule has 0 radical (unpaired) electrons. The van der Waals surface area contributed by atoms with Crippen LogP contribution in [-0.2, 0) is 0 Å². The van der Waals surface area contributed by atoms with Gasteiger partial charge in [0.25, 0.3) is 0 Å². The maximum atomic E-state index is 10.4. The molecule has 0 unspecified atom stereocenters. The summed E-state index contributed by atoms with van der Waals surface area (Å²) < 4.78 is 12.8. The van der Waals surface area contributed by atoms with Crippen molar-refractivity contribution in [3.63, 3.8) is 0 Å². The van der Waals surface area contributed by atoms with E-state index in [0.717, 1.165) is 22.1 Å². The number of rotatable bonds is 4. The molecule has 0 aliphatic carbocycles. The summed E-state index contributed by atoms with van der Waals surface area (Å²) in [5.41, 5.74) is 16.4. The third-order valence-corrected chi connectivity index (χ3v) is 7.99. The standard InChI is InChI=1S/C46H30N2O4/c47-42-24-20-35(28-44(42)49)51-37-26-34(19-16-31-10-4-1-5-11-31)40-30-46(52-36-21-25-43(48)45(50)29-36)39(23-18-33-14-8-3-9-15-33)38(41(40)27-37)22-17-32-12-6-2-7-13-32/h1-15,20-21,24-30,49-50H,47-48H2. The van der Waals surface area contributed by atoms with Gasteiger partial charge in [-0.3, -0.25) is 0 Å². The summed E-state index contributed by atoms with van der Waals surface area (Å²) in [4.78, 5) is 0. The van der Waals surface area contributed by atoms with Crippen molar-refractivity contribution in [3.8, 4) is 70.0 Å². The van der Waals surface area contributed by atoms with E-state index in [0.29, 0.717) is 45.1 Å². The number of nitrogens with two attached hydrogens (primary N) is 2. The minimum absolute atomic E-state index is 0.0919. The highest BCUT2D eigenvalue weighted by Gasteiger charge is 2.18. The van der Waals surface area contributed by atoms with Gasteiger partial charge in [-0.05, 0) is 78.9 Å². The second kappa shape index (κ2) is 14.8. The molecule has 0 bridgehead atoms. The Morgan fingerprint density at radius 3 is 1.40 bits per heavy atom. The van der Waals surface area contributed by atoms with E-state index in [1.807, 2.05) is 109 Å². The molecule has 248 valence electrons. The highest BCUT2D eigenvalue weighted by atomic mass is 16.5. The summed E-state index contributed by atoms with van der Waals surface area (Å²) in [5.74, 6) is 21.3. The van der Waals surface area contributed by atoms with Gasteiger partial charge in [0.15, 0.2) is 0 Å². The lowest BCUT2D eigenvalue weighted by Crippen LogP contribution is -1.98. The third-order valence-electron chi connectivity index (χ3n) is 7.99. The van der Waals surface area contributed by atoms with Gasteiger partial charge in [0, 0.05) is 45.2 Å². The van der Waals surface area contributed by atoms with E-state index >= 15 is 0 Å². The van der Waals surface area contributed by atoms with E-state index < -0.39 is 0 Å². The zero-order valence-electron chi connectivity index (χ0n) is 27.7. The fraction of sp³-hybridized carbons (Fsp3) is 0. The summed E-state index contributed by atoms with van der Waals surface area (Å²) in [6.07, 6.45) is 0. The molecule has 6 heteroatoms. The molecule has 0 atom stereocenters. The predicted octanol–water partition coefficient (Wildman–Crippen LogP) is 9.20. The summed E-state index contributed by atoms with van der Waals surface area (Å²) in [6, 6.07) is 43.9. The number of hydrogen-bond donors (Lipinski definition) is 4. The first-order chi connectivity index (χ1) is 25.4. The minimum Gasteiger partial charge on any atom is -0.506 e. The topological polar surface area (TPSA) is 111 Å². The van der Waals surface area contributed by atoms with E-state index in [9.17, 15) is 10.2 Å². The van der Waals surface area contributed by atoms with E-state index in [1.54, 1.807) is 24.3 Å². The van der Waals surface area contributed by atoms with Crippen molar-refractivity contribution in [1.82, 2.24) is 0 Å². The molecule has 7 aromatic rings. The van der Waals surface area contributed by atoms with Crippen LogP contribution in [0.3, 0.4) is 0 Å². The number of nitrogen functional groups attached to an aromatic ring is 2. The first-order valence-electron chi connectivity index (χ1n) is 16.3. The highest BCUT2D eigenvalue weighted by molar-refractivity contribution is 5.98. The van der Waals surface area contributed by atoms with Crippen molar-refractivity contribution in [2.45, 2.75) is 0 Å². The molecule has 0 amide bonds. The SMILES string of the molecule is Nc1ccc(Oc2cc(C#Cc3ccccc3)c3cc(Oc4ccc(N)c(O)c4)c(C#Cc4ccccc4)c(C#Cc4ccccc4)c3c2)cc1O. The van der Waals surface area contributed by atoms with Crippen molar-refractivity contribution in [2.75, 3.05) is 11.5 Å². The summed E-state index contributed by atoms with van der Waals surface area (Å²) in [5, 5.41) is 22.2. The van der Waals surface area contributed by atoms with Crippen LogP contribution in [0.5, 0.6) is 34.5 Å². The molecule has 0 saturated carbocycles. The Morgan fingerprint density at radius 1 is 0.404 bits per heavy atom. The largest absolute Gasteiger partial charge is 0.506 e. The monoisotopic (exact) mass is 674 g/mol. The normalized spacial score (nSPS) is 10.2. The molecule has 7 aromatic carbocycles. The lowest BCUT2D eigenvalue weighted by Gasteiger charge is -2.16. The first-order valence-corrected chi connectivity index (χ1v) is 16.3. The van der Waals surface area contributed by atoms with Crippen molar-refractivity contribution in [2.24, 2.45) is 0 Å². The van der Waals surface area contributed by atoms with Gasteiger partial charge in [0.1, 0.15) is 34.5 Å². The first kappa shape index (κ1) is 32.8. The average Bonchev–Trinajstić information content (AvgIpc) is 3.16. The molecule has 6 N–H and O–H groups in total. The molecule has 7 rings (SSSR count). The molecule has 0 aromatic heterocycles. The van der Waals surface area contributed by atoms with Gasteiger partial charge in [-0.15, -0.1) is 0 Å². The van der Waals surface area contributed by atoms with Crippen LogP contribution in [0.15, 0.2) is 146 Å². The lowest BCUT2D eigenvalue weighted by molar-refractivity contribution is 0.455. The maximum absolute atomic E-state index is 10.4. The van der Waals surface area contributed by atoms with Crippen LogP contribution in [0.1, 0.15) is 33.4 Å². The molecule has 0 heterocycles. The van der Waals surface area contributed by atoms with Gasteiger partial charge in [-0.1, -0.05) is 90.1 Å². The number of benzene rings is 7. The molecular weight excluding hydrogens is 645 g/mol. The number of fused-ring (bicyclic) bond motifs is 1. The molecule has 52 heavy (non-hydrogen) atoms. The fourth-order valence-corrected chi connectivity index (χ4v) is 5.36. The quantitative estimate of drug-likeness (QED) is 0.0842. The maximum Gasteiger partial charge on any atom is 0.145 e. The van der Waals surface area contributed by atoms with Gasteiger partial charge in [-0.25, -0.2) is 0 Å². The number of hydrogen-bond acceptors (Lipinski definition) is 6. The minimum atomic E-state index is -0.107. The van der Waals surface area contributed by atoms with Crippen molar-refractivity contribution in [1.29, 1.82) is 0 Å². The van der Waals surface area contributed by atoms with Gasteiger partial charge >= 0.3 is 0 Å². The molecule has 0 fully saturated rings. The Balaban J connectivity index is 1.53. The number of aromatic hydroxyl groups is 2. The van der Waals surface area contributed by atoms with E-state index in [2.05, 4.69) is 35.5 Å². The summed E-state index contributed by atoms with van der Waals surface area (Å²) >= 11 is 0. The zero-order chi connectivity index (χ0) is 35.9. The van der Waals surface area contributed by atoms with Crippen LogP contribution in [0, 0.1) is 35.5 Å². The van der Waals surface area contributed by atoms with Crippen LogP contribution in [0.2, 0.25) is 0 Å². The predicted molar refractivity (Wildman–Crippen MR) is 206 cm³/mol. The average molecular weight is 675 g/mol. The van der Waals surface area contributed by atoms with Gasteiger partial charge in [-0.2, -0.15) is 0 Å². The smallest absolute Gasteiger partial charge is 0.145 e. The van der Waals surface area contributed by atoms with E-state index in [4.69, 9.17) is 20.9 Å². The highest BCUT2D eigenvalue weighted by Crippen LogP contribution is 2.39. The second-order valence-corrected chi connectivity index (χ2v) is 11.7. The van der Waals surface area contributed by atoms with Gasteiger partial charge in [0.2, 0.25) is 0 Å². The number of phenolic OH excluding ortho intramolecular Hbond substituents is 2. The Morgan fingerprint density at radius 2 is 0.885 bits per heavy atom.